The molecule has 86 valence electrons. The van der Waals surface area contributed by atoms with Gasteiger partial charge in [0.15, 0.2) is 0 Å². The van der Waals surface area contributed by atoms with Crippen molar-refractivity contribution in [1.29, 1.82) is 0 Å². The highest BCUT2D eigenvalue weighted by Crippen LogP contribution is 2.40. The minimum Gasteiger partial charge on any atom is -0.0837 e. The van der Waals surface area contributed by atoms with E-state index in [9.17, 15) is 0 Å². The molecule has 0 nitrogen and oxygen atoms in total. The van der Waals surface area contributed by atoms with Crippen LogP contribution in [0, 0.1) is 0 Å². The Balaban J connectivity index is 2.49. The Morgan fingerprint density at radius 2 is 1.33 bits per heavy atom. The standard InChI is InChI=1S/C16H8Cl2/c17-13-7-6-12-14(18)8-10-3-1-2-9-4-5-11(13)16(12)15(9)10/h1-8H. The minimum absolute atomic E-state index is 0.775. The van der Waals surface area contributed by atoms with Gasteiger partial charge < -0.3 is 0 Å². The molecule has 0 unspecified atom stereocenters. The van der Waals surface area contributed by atoms with Crippen molar-refractivity contribution in [1.82, 2.24) is 0 Å². The molecule has 4 aromatic carbocycles. The van der Waals surface area contributed by atoms with Gasteiger partial charge in [-0.25, -0.2) is 0 Å². The lowest BCUT2D eigenvalue weighted by Gasteiger charge is -2.12. The fraction of sp³-hybridized carbons (Fsp3) is 0. The highest BCUT2D eigenvalue weighted by molar-refractivity contribution is 6.43. The third-order valence-corrected chi connectivity index (χ3v) is 4.18. The first-order valence-corrected chi connectivity index (χ1v) is 6.53. The van der Waals surface area contributed by atoms with Crippen molar-refractivity contribution in [2.45, 2.75) is 0 Å². The molecule has 0 aliphatic rings. The third kappa shape index (κ3) is 1.22. The van der Waals surface area contributed by atoms with Gasteiger partial charge in [0.2, 0.25) is 0 Å². The molecule has 0 atom stereocenters. The van der Waals surface area contributed by atoms with Gasteiger partial charge in [-0.15, -0.1) is 0 Å². The van der Waals surface area contributed by atoms with E-state index < -0.39 is 0 Å². The number of halogens is 2. The molecule has 18 heavy (non-hydrogen) atoms. The van der Waals surface area contributed by atoms with Crippen molar-refractivity contribution in [3.05, 3.63) is 58.6 Å². The molecule has 0 saturated carbocycles. The summed E-state index contributed by atoms with van der Waals surface area (Å²) in [5.41, 5.74) is 0. The van der Waals surface area contributed by atoms with Crippen molar-refractivity contribution in [3.8, 4) is 0 Å². The molecule has 0 spiro atoms. The average Bonchev–Trinajstić information content (AvgIpc) is 2.38. The fourth-order valence-electron chi connectivity index (χ4n) is 2.75. The van der Waals surface area contributed by atoms with E-state index in [2.05, 4.69) is 30.3 Å². The van der Waals surface area contributed by atoms with E-state index in [0.29, 0.717) is 0 Å². The summed E-state index contributed by atoms with van der Waals surface area (Å²) in [5.74, 6) is 0. The van der Waals surface area contributed by atoms with Crippen LogP contribution in [-0.2, 0) is 0 Å². The second-order valence-corrected chi connectivity index (χ2v) is 5.34. The summed E-state index contributed by atoms with van der Waals surface area (Å²) < 4.78 is 0. The second kappa shape index (κ2) is 3.50. The summed E-state index contributed by atoms with van der Waals surface area (Å²) in [6.07, 6.45) is 0. The van der Waals surface area contributed by atoms with E-state index in [0.717, 1.165) is 26.2 Å². The first-order valence-electron chi connectivity index (χ1n) is 5.77. The number of rotatable bonds is 0. The molecule has 0 N–H and O–H groups in total. The Bertz CT molecular complexity index is 888. The van der Waals surface area contributed by atoms with Crippen molar-refractivity contribution in [3.63, 3.8) is 0 Å². The molecule has 0 aliphatic carbocycles. The predicted molar refractivity (Wildman–Crippen MR) is 80.2 cm³/mol. The molecule has 0 radical (unpaired) electrons. The lowest BCUT2D eigenvalue weighted by molar-refractivity contribution is 1.78. The molecule has 0 aromatic heterocycles. The monoisotopic (exact) mass is 270 g/mol. The van der Waals surface area contributed by atoms with Crippen molar-refractivity contribution >= 4 is 55.5 Å². The summed E-state index contributed by atoms with van der Waals surface area (Å²) in [5, 5.41) is 8.50. The zero-order valence-electron chi connectivity index (χ0n) is 9.37. The summed E-state index contributed by atoms with van der Waals surface area (Å²) in [4.78, 5) is 0. The molecule has 0 amide bonds. The zero-order valence-corrected chi connectivity index (χ0v) is 10.9. The van der Waals surface area contributed by atoms with Crippen molar-refractivity contribution in [2.75, 3.05) is 0 Å². The van der Waals surface area contributed by atoms with Crippen LogP contribution >= 0.6 is 23.2 Å². The third-order valence-electron chi connectivity index (χ3n) is 3.54. The molecule has 0 bridgehead atoms. The highest BCUT2D eigenvalue weighted by atomic mass is 35.5. The summed E-state index contributed by atoms with van der Waals surface area (Å²) in [6, 6.07) is 16.4. The van der Waals surface area contributed by atoms with Gasteiger partial charge in [-0.3, -0.25) is 0 Å². The quantitative estimate of drug-likeness (QED) is 0.350. The highest BCUT2D eigenvalue weighted by Gasteiger charge is 2.12. The van der Waals surface area contributed by atoms with Gasteiger partial charge in [0.1, 0.15) is 0 Å². The van der Waals surface area contributed by atoms with Crippen LogP contribution in [-0.4, -0.2) is 0 Å². The predicted octanol–water partition coefficient (Wildman–Crippen LogP) is 5.89. The van der Waals surface area contributed by atoms with Gasteiger partial charge in [0, 0.05) is 26.2 Å². The lowest BCUT2D eigenvalue weighted by atomic mass is 9.94. The Morgan fingerprint density at radius 3 is 2.22 bits per heavy atom. The molecule has 0 heterocycles. The Kier molecular flexibility index (Phi) is 2.03. The summed E-state index contributed by atoms with van der Waals surface area (Å²) >= 11 is 12.7. The molecular formula is C16H8Cl2. The maximum atomic E-state index is 6.37. The number of benzene rings is 4. The Labute approximate surface area is 114 Å². The van der Waals surface area contributed by atoms with Crippen LogP contribution in [0.3, 0.4) is 0 Å². The van der Waals surface area contributed by atoms with Gasteiger partial charge in [0.05, 0.1) is 0 Å². The van der Waals surface area contributed by atoms with E-state index in [1.165, 1.54) is 16.2 Å². The van der Waals surface area contributed by atoms with Crippen LogP contribution < -0.4 is 0 Å². The van der Waals surface area contributed by atoms with E-state index in [1.807, 2.05) is 18.2 Å². The maximum absolute atomic E-state index is 6.37. The van der Waals surface area contributed by atoms with Crippen LogP contribution in [0.4, 0.5) is 0 Å². The van der Waals surface area contributed by atoms with Crippen LogP contribution in [0.15, 0.2) is 48.5 Å². The minimum atomic E-state index is 0.775. The van der Waals surface area contributed by atoms with Crippen molar-refractivity contribution in [2.24, 2.45) is 0 Å². The molecule has 4 aromatic rings. The SMILES string of the molecule is Clc1ccc2c(Cl)cc3cccc4ccc1c2c43. The van der Waals surface area contributed by atoms with Gasteiger partial charge in [-0.1, -0.05) is 59.6 Å². The first kappa shape index (κ1) is 10.4. The lowest BCUT2D eigenvalue weighted by Crippen LogP contribution is -1.85. The van der Waals surface area contributed by atoms with Gasteiger partial charge in [-0.2, -0.15) is 0 Å². The second-order valence-electron chi connectivity index (χ2n) is 4.52. The number of hydrogen-bond acceptors (Lipinski definition) is 0. The molecule has 2 heteroatoms. The fourth-order valence-corrected chi connectivity index (χ4v) is 3.24. The Morgan fingerprint density at radius 1 is 0.611 bits per heavy atom. The summed E-state index contributed by atoms with van der Waals surface area (Å²) in [6.45, 7) is 0. The van der Waals surface area contributed by atoms with Crippen LogP contribution in [0.1, 0.15) is 0 Å². The van der Waals surface area contributed by atoms with E-state index >= 15 is 0 Å². The smallest absolute Gasteiger partial charge is 0.0491 e. The molecular weight excluding hydrogens is 263 g/mol. The molecule has 0 fully saturated rings. The zero-order chi connectivity index (χ0) is 12.3. The van der Waals surface area contributed by atoms with E-state index in [1.54, 1.807) is 0 Å². The number of hydrogen-bond donors (Lipinski definition) is 0. The van der Waals surface area contributed by atoms with Crippen LogP contribution in [0.25, 0.3) is 32.3 Å². The van der Waals surface area contributed by atoms with Gasteiger partial charge in [0.25, 0.3) is 0 Å². The van der Waals surface area contributed by atoms with E-state index in [4.69, 9.17) is 23.2 Å². The molecule has 0 aliphatic heterocycles. The maximum Gasteiger partial charge on any atom is 0.0491 e. The van der Waals surface area contributed by atoms with Gasteiger partial charge >= 0.3 is 0 Å². The normalized spacial score (nSPS) is 11.9. The molecule has 4 rings (SSSR count). The van der Waals surface area contributed by atoms with E-state index in [-0.39, 0.29) is 0 Å². The summed E-state index contributed by atoms with van der Waals surface area (Å²) in [7, 11) is 0. The average molecular weight is 271 g/mol. The van der Waals surface area contributed by atoms with Crippen LogP contribution in [0.2, 0.25) is 10.0 Å². The Hall–Kier alpha value is -1.50. The van der Waals surface area contributed by atoms with Crippen LogP contribution in [0.5, 0.6) is 0 Å². The largest absolute Gasteiger partial charge is 0.0837 e. The first-order chi connectivity index (χ1) is 8.75. The molecule has 0 saturated heterocycles. The topological polar surface area (TPSA) is 0 Å². The van der Waals surface area contributed by atoms with Crippen molar-refractivity contribution < 1.29 is 0 Å². The van der Waals surface area contributed by atoms with Gasteiger partial charge in [-0.05, 0) is 28.3 Å².